The van der Waals surface area contributed by atoms with E-state index in [0.29, 0.717) is 5.92 Å². The molecule has 1 atom stereocenters. The summed E-state index contributed by atoms with van der Waals surface area (Å²) in [5.41, 5.74) is 2.44. The molecule has 1 aromatic heterocycles. The van der Waals surface area contributed by atoms with E-state index in [1.807, 2.05) is 25.3 Å². The maximum absolute atomic E-state index is 4.30. The molecule has 0 saturated carbocycles. The number of anilines is 1. The molecule has 2 heteroatoms. The molecule has 1 unspecified atom stereocenters. The Balaban J connectivity index is 2.43. The van der Waals surface area contributed by atoms with Gasteiger partial charge in [0.05, 0.1) is 0 Å². The molecule has 0 amide bonds. The largest absolute Gasteiger partial charge is 0.366 e. The van der Waals surface area contributed by atoms with Gasteiger partial charge in [-0.15, -0.1) is 6.58 Å². The number of aryl methyl sites for hydroxylation is 1. The summed E-state index contributed by atoms with van der Waals surface area (Å²) in [6, 6.07) is 4.05. The van der Waals surface area contributed by atoms with Gasteiger partial charge >= 0.3 is 0 Å². The highest BCUT2D eigenvalue weighted by Crippen LogP contribution is 2.05. The molecule has 0 aromatic carbocycles. The number of nitrogens with one attached hydrogen (secondary N) is 1. The van der Waals surface area contributed by atoms with Crippen LogP contribution in [0.2, 0.25) is 0 Å². The van der Waals surface area contributed by atoms with Crippen LogP contribution in [0.1, 0.15) is 19.4 Å². The Hall–Kier alpha value is -1.83. The summed E-state index contributed by atoms with van der Waals surface area (Å²) in [6.45, 7) is 10.8. The van der Waals surface area contributed by atoms with Crippen molar-refractivity contribution in [2.75, 3.05) is 11.9 Å². The van der Waals surface area contributed by atoms with Crippen molar-refractivity contribution in [2.45, 2.75) is 20.8 Å². The van der Waals surface area contributed by atoms with E-state index in [1.165, 1.54) is 11.1 Å². The van der Waals surface area contributed by atoms with Crippen LogP contribution in [0.15, 0.2) is 54.8 Å². The first-order chi connectivity index (χ1) is 8.61. The first-order valence-electron chi connectivity index (χ1n) is 6.25. The number of pyridine rings is 1. The summed E-state index contributed by atoms with van der Waals surface area (Å²) in [5.74, 6) is 1.33. The normalized spacial score (nSPS) is 13.6. The fraction of sp³-hybridized carbons (Fsp3) is 0.312. The van der Waals surface area contributed by atoms with Crippen molar-refractivity contribution in [1.29, 1.82) is 0 Å². The SMILES string of the molecule is C=CC(C)C=C/C=C(\C)CNc1ccc(C)cn1. The number of rotatable bonds is 6. The molecular formula is C16H22N2. The van der Waals surface area contributed by atoms with Gasteiger partial charge < -0.3 is 5.32 Å². The number of hydrogen-bond acceptors (Lipinski definition) is 2. The Morgan fingerprint density at radius 3 is 2.89 bits per heavy atom. The maximum Gasteiger partial charge on any atom is 0.126 e. The van der Waals surface area contributed by atoms with Crippen LogP contribution in [-0.4, -0.2) is 11.5 Å². The molecule has 0 spiro atoms. The molecular weight excluding hydrogens is 220 g/mol. The van der Waals surface area contributed by atoms with Crippen LogP contribution in [0.25, 0.3) is 0 Å². The van der Waals surface area contributed by atoms with Crippen molar-refractivity contribution >= 4 is 5.82 Å². The Morgan fingerprint density at radius 1 is 1.50 bits per heavy atom. The smallest absolute Gasteiger partial charge is 0.126 e. The molecule has 0 aliphatic heterocycles. The number of aromatic nitrogens is 1. The molecule has 96 valence electrons. The third-order valence-corrected chi connectivity index (χ3v) is 2.63. The summed E-state index contributed by atoms with van der Waals surface area (Å²) in [4.78, 5) is 4.30. The van der Waals surface area contributed by atoms with E-state index in [1.54, 1.807) is 0 Å². The molecule has 1 aromatic rings. The zero-order valence-corrected chi connectivity index (χ0v) is 11.5. The topological polar surface area (TPSA) is 24.9 Å². The number of hydrogen-bond donors (Lipinski definition) is 1. The van der Waals surface area contributed by atoms with Gasteiger partial charge in [-0.3, -0.25) is 0 Å². The molecule has 0 aliphatic carbocycles. The lowest BCUT2D eigenvalue weighted by Crippen LogP contribution is -2.04. The third kappa shape index (κ3) is 5.48. The van der Waals surface area contributed by atoms with Gasteiger partial charge in [0.15, 0.2) is 0 Å². The van der Waals surface area contributed by atoms with Crippen LogP contribution >= 0.6 is 0 Å². The summed E-state index contributed by atoms with van der Waals surface area (Å²) >= 11 is 0. The minimum atomic E-state index is 0.417. The summed E-state index contributed by atoms with van der Waals surface area (Å²) in [7, 11) is 0. The van der Waals surface area contributed by atoms with Gasteiger partial charge in [0.25, 0.3) is 0 Å². The average Bonchev–Trinajstić information content (AvgIpc) is 2.38. The Labute approximate surface area is 110 Å². The lowest BCUT2D eigenvalue weighted by atomic mass is 10.1. The molecule has 0 fully saturated rings. The molecule has 0 radical (unpaired) electrons. The van der Waals surface area contributed by atoms with Crippen LogP contribution in [0.3, 0.4) is 0 Å². The zero-order valence-electron chi connectivity index (χ0n) is 11.5. The van der Waals surface area contributed by atoms with Crippen molar-refractivity contribution in [2.24, 2.45) is 5.92 Å². The summed E-state index contributed by atoms with van der Waals surface area (Å²) < 4.78 is 0. The minimum Gasteiger partial charge on any atom is -0.366 e. The van der Waals surface area contributed by atoms with Gasteiger partial charge in [-0.05, 0) is 31.4 Å². The van der Waals surface area contributed by atoms with Crippen LogP contribution in [0.4, 0.5) is 5.82 Å². The van der Waals surface area contributed by atoms with Crippen molar-refractivity contribution in [1.82, 2.24) is 4.98 Å². The zero-order chi connectivity index (χ0) is 13.4. The molecule has 0 aliphatic rings. The van der Waals surface area contributed by atoms with Gasteiger partial charge in [-0.1, -0.05) is 42.9 Å². The van der Waals surface area contributed by atoms with Crippen LogP contribution in [-0.2, 0) is 0 Å². The van der Waals surface area contributed by atoms with E-state index in [4.69, 9.17) is 0 Å². The quantitative estimate of drug-likeness (QED) is 0.599. The predicted octanol–water partition coefficient (Wildman–Crippen LogP) is 4.13. The van der Waals surface area contributed by atoms with Crippen LogP contribution in [0, 0.1) is 12.8 Å². The highest BCUT2D eigenvalue weighted by Gasteiger charge is 1.93. The van der Waals surface area contributed by atoms with Gasteiger partial charge in [0.2, 0.25) is 0 Å². The molecule has 2 nitrogen and oxygen atoms in total. The first kappa shape index (κ1) is 14.2. The molecule has 1 heterocycles. The Morgan fingerprint density at radius 2 is 2.28 bits per heavy atom. The average molecular weight is 242 g/mol. The molecule has 18 heavy (non-hydrogen) atoms. The van der Waals surface area contributed by atoms with Crippen molar-refractivity contribution < 1.29 is 0 Å². The second-order valence-electron chi connectivity index (χ2n) is 4.57. The van der Waals surface area contributed by atoms with E-state index in [-0.39, 0.29) is 0 Å². The van der Waals surface area contributed by atoms with E-state index < -0.39 is 0 Å². The van der Waals surface area contributed by atoms with Gasteiger partial charge in [0.1, 0.15) is 5.82 Å². The second-order valence-corrected chi connectivity index (χ2v) is 4.57. The fourth-order valence-corrected chi connectivity index (χ4v) is 1.33. The lowest BCUT2D eigenvalue weighted by molar-refractivity contribution is 0.943. The fourth-order valence-electron chi connectivity index (χ4n) is 1.33. The van der Waals surface area contributed by atoms with E-state index in [9.17, 15) is 0 Å². The lowest BCUT2D eigenvalue weighted by Gasteiger charge is -2.05. The van der Waals surface area contributed by atoms with Crippen molar-refractivity contribution in [3.8, 4) is 0 Å². The number of allylic oxidation sites excluding steroid dienone is 4. The van der Waals surface area contributed by atoms with E-state index in [0.717, 1.165) is 12.4 Å². The highest BCUT2D eigenvalue weighted by atomic mass is 15.0. The van der Waals surface area contributed by atoms with Gasteiger partial charge in [-0.25, -0.2) is 4.98 Å². The summed E-state index contributed by atoms with van der Waals surface area (Å²) in [6.07, 6.45) is 10.1. The monoisotopic (exact) mass is 242 g/mol. The van der Waals surface area contributed by atoms with Gasteiger partial charge in [0, 0.05) is 12.7 Å². The molecule has 0 bridgehead atoms. The highest BCUT2D eigenvalue weighted by molar-refractivity contribution is 5.37. The Bertz CT molecular complexity index is 427. The maximum atomic E-state index is 4.30. The predicted molar refractivity (Wildman–Crippen MR) is 79.7 cm³/mol. The van der Waals surface area contributed by atoms with Crippen LogP contribution in [0.5, 0.6) is 0 Å². The van der Waals surface area contributed by atoms with Crippen molar-refractivity contribution in [3.63, 3.8) is 0 Å². The molecule has 1 rings (SSSR count). The standard InChI is InChI=1S/C16H22N2/c1-5-13(2)7-6-8-14(3)11-17-16-10-9-15(4)12-18-16/h5-10,12-13H,1,11H2,2-4H3,(H,17,18)/b7-6?,14-8+. The molecule has 1 N–H and O–H groups in total. The van der Waals surface area contributed by atoms with Crippen LogP contribution < -0.4 is 5.32 Å². The van der Waals surface area contributed by atoms with Crippen molar-refractivity contribution in [3.05, 3.63) is 60.3 Å². The van der Waals surface area contributed by atoms with Gasteiger partial charge in [-0.2, -0.15) is 0 Å². The molecule has 0 saturated heterocycles. The second kappa shape index (κ2) is 7.49. The summed E-state index contributed by atoms with van der Waals surface area (Å²) in [5, 5.41) is 3.29. The first-order valence-corrected chi connectivity index (χ1v) is 6.25. The Kier molecular flexibility index (Phi) is 5.92. The van der Waals surface area contributed by atoms with E-state index >= 15 is 0 Å². The number of nitrogens with zero attached hydrogens (tertiary/aromatic N) is 1. The minimum absolute atomic E-state index is 0.417. The third-order valence-electron chi connectivity index (χ3n) is 2.63. The van der Waals surface area contributed by atoms with E-state index in [2.05, 4.69) is 55.0 Å².